The monoisotopic (exact) mass is 384 g/mol. The van der Waals surface area contributed by atoms with Gasteiger partial charge in [0.15, 0.2) is 5.11 Å². The number of methoxy groups -OCH3 is 1. The predicted octanol–water partition coefficient (Wildman–Crippen LogP) is 3.69. The van der Waals surface area contributed by atoms with Crippen LogP contribution in [0, 0.1) is 0 Å². The summed E-state index contributed by atoms with van der Waals surface area (Å²) >= 11 is 5.17. The van der Waals surface area contributed by atoms with Gasteiger partial charge < -0.3 is 14.8 Å². The van der Waals surface area contributed by atoms with Crippen molar-refractivity contribution in [3.63, 3.8) is 0 Å². The maximum atomic E-state index is 12.0. The molecule has 0 fully saturated rings. The quantitative estimate of drug-likeness (QED) is 0.563. The molecule has 2 N–H and O–H groups in total. The average Bonchev–Trinajstić information content (AvgIpc) is 2.65. The molecule has 0 unspecified atom stereocenters. The van der Waals surface area contributed by atoms with Gasteiger partial charge in [-0.1, -0.05) is 30.3 Å². The topological polar surface area (TPSA) is 59.6 Å². The van der Waals surface area contributed by atoms with Crippen molar-refractivity contribution >= 4 is 29.3 Å². The van der Waals surface area contributed by atoms with Crippen molar-refractivity contribution in [1.29, 1.82) is 0 Å². The van der Waals surface area contributed by atoms with E-state index in [1.54, 1.807) is 13.2 Å². The van der Waals surface area contributed by atoms with Crippen LogP contribution in [-0.4, -0.2) is 24.2 Å². The number of thiocarbonyl (C=S) groups is 1. The molecule has 0 bridgehead atoms. The van der Waals surface area contributed by atoms with Gasteiger partial charge in [0.1, 0.15) is 11.5 Å². The number of hydrogen-bond acceptors (Lipinski definition) is 4. The molecule has 0 aromatic heterocycles. The second-order valence-corrected chi connectivity index (χ2v) is 6.47. The van der Waals surface area contributed by atoms with E-state index in [2.05, 4.69) is 10.6 Å². The molecule has 0 saturated heterocycles. The lowest BCUT2D eigenvalue weighted by molar-refractivity contribution is -0.115. The van der Waals surface area contributed by atoms with Crippen LogP contribution in [0.4, 0.5) is 0 Å². The molecule has 0 spiro atoms. The molecule has 0 aliphatic heterocycles. The third-order valence-corrected chi connectivity index (χ3v) is 3.78. The minimum atomic E-state index is -0.306. The van der Waals surface area contributed by atoms with Crippen LogP contribution in [-0.2, 0) is 11.3 Å². The predicted molar refractivity (Wildman–Crippen MR) is 112 cm³/mol. The first kappa shape index (κ1) is 20.5. The molecule has 2 aromatic carbocycles. The van der Waals surface area contributed by atoms with Crippen molar-refractivity contribution in [1.82, 2.24) is 10.6 Å². The zero-order chi connectivity index (χ0) is 19.6. The van der Waals surface area contributed by atoms with Crippen LogP contribution >= 0.6 is 12.2 Å². The van der Waals surface area contributed by atoms with Crippen molar-refractivity contribution in [2.75, 3.05) is 7.11 Å². The number of para-hydroxylation sites is 1. The van der Waals surface area contributed by atoms with Crippen LogP contribution in [0.15, 0.2) is 54.6 Å². The number of ether oxygens (including phenoxy) is 2. The second kappa shape index (κ2) is 10.3. The molecule has 5 nitrogen and oxygen atoms in total. The summed E-state index contributed by atoms with van der Waals surface area (Å²) in [6.45, 7) is 4.48. The van der Waals surface area contributed by atoms with E-state index in [0.717, 1.165) is 16.9 Å². The molecule has 0 heterocycles. The number of amides is 1. The van der Waals surface area contributed by atoms with Gasteiger partial charge in [-0.25, -0.2) is 0 Å². The second-order valence-electron chi connectivity index (χ2n) is 6.06. The van der Waals surface area contributed by atoms with Crippen LogP contribution in [0.2, 0.25) is 0 Å². The highest BCUT2D eigenvalue weighted by Gasteiger charge is 2.03. The van der Waals surface area contributed by atoms with Gasteiger partial charge in [0.2, 0.25) is 5.91 Å². The van der Waals surface area contributed by atoms with Crippen molar-refractivity contribution in [2.45, 2.75) is 26.5 Å². The molecule has 0 aliphatic carbocycles. The zero-order valence-corrected chi connectivity index (χ0v) is 16.5. The van der Waals surface area contributed by atoms with E-state index >= 15 is 0 Å². The van der Waals surface area contributed by atoms with Crippen LogP contribution in [0.3, 0.4) is 0 Å². The molecule has 0 saturated carbocycles. The number of hydrogen-bond donors (Lipinski definition) is 2. The summed E-state index contributed by atoms with van der Waals surface area (Å²) in [5, 5.41) is 5.91. The Labute approximate surface area is 165 Å². The summed E-state index contributed by atoms with van der Waals surface area (Å²) in [7, 11) is 1.59. The van der Waals surface area contributed by atoms with Crippen LogP contribution < -0.4 is 20.1 Å². The number of benzene rings is 2. The van der Waals surface area contributed by atoms with Crippen LogP contribution in [0.5, 0.6) is 11.5 Å². The van der Waals surface area contributed by atoms with Gasteiger partial charge >= 0.3 is 0 Å². The maximum Gasteiger partial charge on any atom is 0.250 e. The van der Waals surface area contributed by atoms with E-state index in [-0.39, 0.29) is 17.1 Å². The lowest BCUT2D eigenvalue weighted by atomic mass is 10.2. The average molecular weight is 385 g/mol. The van der Waals surface area contributed by atoms with Gasteiger partial charge in [-0.15, -0.1) is 0 Å². The number of nitrogens with one attached hydrogen (secondary N) is 2. The molecular formula is C21H24N2O3S. The molecule has 0 atom stereocenters. The SMILES string of the molecule is COc1ccccc1/C=C/C(=O)NC(=S)NCc1ccc(OC(C)C)cc1. The number of carbonyl (C=O) groups excluding carboxylic acids is 1. The van der Waals surface area contributed by atoms with Crippen molar-refractivity contribution in [2.24, 2.45) is 0 Å². The Morgan fingerprint density at radius 2 is 1.85 bits per heavy atom. The Balaban J connectivity index is 1.81. The van der Waals surface area contributed by atoms with Gasteiger partial charge in [0, 0.05) is 18.2 Å². The molecule has 6 heteroatoms. The molecule has 0 aliphatic rings. The van der Waals surface area contributed by atoms with Crippen LogP contribution in [0.25, 0.3) is 6.08 Å². The van der Waals surface area contributed by atoms with E-state index in [0.29, 0.717) is 12.3 Å². The Bertz CT molecular complexity index is 801. The molecule has 27 heavy (non-hydrogen) atoms. The van der Waals surface area contributed by atoms with E-state index in [1.165, 1.54) is 6.08 Å². The Hall–Kier alpha value is -2.86. The first-order valence-corrected chi connectivity index (χ1v) is 9.04. The summed E-state index contributed by atoms with van der Waals surface area (Å²) in [5.74, 6) is 1.22. The number of rotatable bonds is 7. The molecule has 142 valence electrons. The fourth-order valence-electron chi connectivity index (χ4n) is 2.31. The largest absolute Gasteiger partial charge is 0.496 e. The molecule has 2 aromatic rings. The third-order valence-electron chi connectivity index (χ3n) is 3.54. The summed E-state index contributed by atoms with van der Waals surface area (Å²) in [6, 6.07) is 15.2. The maximum absolute atomic E-state index is 12.0. The van der Waals surface area contributed by atoms with Gasteiger partial charge in [0.25, 0.3) is 0 Å². The van der Waals surface area contributed by atoms with Gasteiger partial charge in [-0.05, 0) is 55.9 Å². The van der Waals surface area contributed by atoms with Gasteiger partial charge in [-0.2, -0.15) is 0 Å². The van der Waals surface area contributed by atoms with Crippen LogP contribution in [0.1, 0.15) is 25.0 Å². The minimum absolute atomic E-state index is 0.140. The standard InChI is InChI=1S/C21H24N2O3S/c1-15(2)26-18-11-8-16(9-12-18)14-22-21(27)23-20(24)13-10-17-6-4-5-7-19(17)25-3/h4-13,15H,14H2,1-3H3,(H2,22,23,24,27)/b13-10+. The van der Waals surface area contributed by atoms with Crippen molar-refractivity contribution in [3.8, 4) is 11.5 Å². The van der Waals surface area contributed by atoms with E-state index in [1.807, 2.05) is 62.4 Å². The number of carbonyl (C=O) groups is 1. The summed E-state index contributed by atoms with van der Waals surface area (Å²) in [4.78, 5) is 12.0. The summed E-state index contributed by atoms with van der Waals surface area (Å²) in [5.41, 5.74) is 1.85. The zero-order valence-electron chi connectivity index (χ0n) is 15.7. The highest BCUT2D eigenvalue weighted by Crippen LogP contribution is 2.18. The Morgan fingerprint density at radius 1 is 1.15 bits per heavy atom. The molecular weight excluding hydrogens is 360 g/mol. The lowest BCUT2D eigenvalue weighted by Gasteiger charge is -2.11. The van der Waals surface area contributed by atoms with Gasteiger partial charge in [-0.3, -0.25) is 10.1 Å². The highest BCUT2D eigenvalue weighted by atomic mass is 32.1. The fraction of sp³-hybridized carbons (Fsp3) is 0.238. The summed E-state index contributed by atoms with van der Waals surface area (Å²) in [6.07, 6.45) is 3.24. The molecule has 1 amide bonds. The Morgan fingerprint density at radius 3 is 2.52 bits per heavy atom. The first-order chi connectivity index (χ1) is 13.0. The summed E-state index contributed by atoms with van der Waals surface area (Å²) < 4.78 is 10.9. The Kier molecular flexibility index (Phi) is 7.82. The fourth-order valence-corrected chi connectivity index (χ4v) is 2.48. The van der Waals surface area contributed by atoms with E-state index < -0.39 is 0 Å². The molecule has 0 radical (unpaired) electrons. The van der Waals surface area contributed by atoms with Crippen molar-refractivity contribution < 1.29 is 14.3 Å². The first-order valence-electron chi connectivity index (χ1n) is 8.63. The minimum Gasteiger partial charge on any atom is -0.496 e. The molecule has 2 rings (SSSR count). The normalized spacial score (nSPS) is 10.7. The lowest BCUT2D eigenvalue weighted by Crippen LogP contribution is -2.37. The van der Waals surface area contributed by atoms with E-state index in [9.17, 15) is 4.79 Å². The third kappa shape index (κ3) is 7.11. The van der Waals surface area contributed by atoms with E-state index in [4.69, 9.17) is 21.7 Å². The van der Waals surface area contributed by atoms with Gasteiger partial charge in [0.05, 0.1) is 13.2 Å². The van der Waals surface area contributed by atoms with Crippen molar-refractivity contribution in [3.05, 3.63) is 65.7 Å². The highest BCUT2D eigenvalue weighted by molar-refractivity contribution is 7.80. The smallest absolute Gasteiger partial charge is 0.250 e.